The largest absolute Gasteiger partial charge is 0.335 e. The second-order valence-electron chi connectivity index (χ2n) is 6.90. The van der Waals surface area contributed by atoms with Gasteiger partial charge in [0.15, 0.2) is 0 Å². The molecule has 0 atom stereocenters. The fraction of sp³-hybridized carbons (Fsp3) is 0.938. The van der Waals surface area contributed by atoms with Gasteiger partial charge < -0.3 is 15.5 Å². The van der Waals surface area contributed by atoms with Crippen LogP contribution in [0.25, 0.3) is 0 Å². The van der Waals surface area contributed by atoms with Gasteiger partial charge >= 0.3 is 6.03 Å². The van der Waals surface area contributed by atoms with Gasteiger partial charge in [0.05, 0.1) is 0 Å². The van der Waals surface area contributed by atoms with Crippen molar-refractivity contribution in [1.29, 1.82) is 0 Å². The number of carbonyl (C=O) groups excluding carboxylic acids is 1. The van der Waals surface area contributed by atoms with Gasteiger partial charge in [0.1, 0.15) is 0 Å². The average molecular weight is 279 g/mol. The van der Waals surface area contributed by atoms with E-state index in [1.54, 1.807) is 0 Å². The van der Waals surface area contributed by atoms with Crippen LogP contribution in [0, 0.1) is 5.92 Å². The second-order valence-corrected chi connectivity index (χ2v) is 6.90. The first-order valence-corrected chi connectivity index (χ1v) is 8.60. The standard InChI is InChI=1S/C16H29N3O/c20-16(18-15-4-2-1-3-5-15)19-10-8-14(9-11-19)17-12-13-6-7-13/h13-15,17H,1-12H2,(H,18,20). The van der Waals surface area contributed by atoms with Crippen molar-refractivity contribution in [2.75, 3.05) is 19.6 Å². The lowest BCUT2D eigenvalue weighted by molar-refractivity contribution is 0.170. The SMILES string of the molecule is O=C(NC1CCCCC1)N1CCC(NCC2CC2)CC1. The van der Waals surface area contributed by atoms with Crippen LogP contribution >= 0.6 is 0 Å². The van der Waals surface area contributed by atoms with E-state index < -0.39 is 0 Å². The van der Waals surface area contributed by atoms with Gasteiger partial charge in [-0.3, -0.25) is 0 Å². The second kappa shape index (κ2) is 6.79. The maximum Gasteiger partial charge on any atom is 0.317 e. The molecule has 1 saturated heterocycles. The smallest absolute Gasteiger partial charge is 0.317 e. The number of piperidine rings is 1. The minimum absolute atomic E-state index is 0.178. The molecule has 4 nitrogen and oxygen atoms in total. The molecule has 2 N–H and O–H groups in total. The highest BCUT2D eigenvalue weighted by Crippen LogP contribution is 2.28. The van der Waals surface area contributed by atoms with Crippen molar-refractivity contribution in [3.63, 3.8) is 0 Å². The van der Waals surface area contributed by atoms with Crippen LogP contribution in [-0.4, -0.2) is 42.6 Å². The monoisotopic (exact) mass is 279 g/mol. The molecule has 2 aliphatic carbocycles. The Hall–Kier alpha value is -0.770. The van der Waals surface area contributed by atoms with Crippen molar-refractivity contribution < 1.29 is 4.79 Å². The molecule has 3 fully saturated rings. The number of urea groups is 1. The van der Waals surface area contributed by atoms with Crippen LogP contribution in [0.1, 0.15) is 57.8 Å². The third-order valence-electron chi connectivity index (χ3n) is 5.11. The normalized spacial score (nSPS) is 25.7. The van der Waals surface area contributed by atoms with Crippen LogP contribution in [0.2, 0.25) is 0 Å². The first-order valence-electron chi connectivity index (χ1n) is 8.60. The summed E-state index contributed by atoms with van der Waals surface area (Å²) < 4.78 is 0. The quantitative estimate of drug-likeness (QED) is 0.830. The maximum absolute atomic E-state index is 12.2. The molecule has 3 aliphatic rings. The number of likely N-dealkylation sites (tertiary alicyclic amines) is 1. The average Bonchev–Trinajstić information content (AvgIpc) is 3.31. The highest BCUT2D eigenvalue weighted by Gasteiger charge is 2.26. The van der Waals surface area contributed by atoms with E-state index >= 15 is 0 Å². The predicted molar refractivity (Wildman–Crippen MR) is 80.7 cm³/mol. The van der Waals surface area contributed by atoms with Gasteiger partial charge in [-0.25, -0.2) is 4.79 Å². The third kappa shape index (κ3) is 4.11. The van der Waals surface area contributed by atoms with E-state index in [9.17, 15) is 4.79 Å². The molecular weight excluding hydrogens is 250 g/mol. The lowest BCUT2D eigenvalue weighted by atomic mass is 9.95. The fourth-order valence-corrected chi connectivity index (χ4v) is 3.45. The number of hydrogen-bond donors (Lipinski definition) is 2. The van der Waals surface area contributed by atoms with E-state index in [0.29, 0.717) is 12.1 Å². The Balaban J connectivity index is 1.34. The molecule has 0 aromatic rings. The number of rotatable bonds is 4. The number of nitrogens with one attached hydrogen (secondary N) is 2. The Morgan fingerprint density at radius 1 is 0.900 bits per heavy atom. The van der Waals surface area contributed by atoms with Crippen molar-refractivity contribution in [1.82, 2.24) is 15.5 Å². The van der Waals surface area contributed by atoms with Gasteiger partial charge in [-0.1, -0.05) is 19.3 Å². The minimum atomic E-state index is 0.178. The summed E-state index contributed by atoms with van der Waals surface area (Å²) in [6.07, 6.45) is 11.3. The third-order valence-corrected chi connectivity index (χ3v) is 5.11. The van der Waals surface area contributed by atoms with Crippen LogP contribution in [0.5, 0.6) is 0 Å². The van der Waals surface area contributed by atoms with E-state index in [4.69, 9.17) is 0 Å². The Bertz CT molecular complexity index is 316. The van der Waals surface area contributed by atoms with E-state index in [-0.39, 0.29) is 6.03 Å². The Morgan fingerprint density at radius 3 is 2.25 bits per heavy atom. The topological polar surface area (TPSA) is 44.4 Å². The van der Waals surface area contributed by atoms with Crippen molar-refractivity contribution in [2.45, 2.75) is 69.9 Å². The summed E-state index contributed by atoms with van der Waals surface area (Å²) in [5.41, 5.74) is 0. The molecule has 0 spiro atoms. The van der Waals surface area contributed by atoms with Crippen LogP contribution in [0.4, 0.5) is 4.79 Å². The lowest BCUT2D eigenvalue weighted by Crippen LogP contribution is -2.51. The molecule has 0 unspecified atom stereocenters. The van der Waals surface area contributed by atoms with Crippen LogP contribution in [0.3, 0.4) is 0 Å². The zero-order valence-electron chi connectivity index (χ0n) is 12.6. The molecule has 20 heavy (non-hydrogen) atoms. The number of nitrogens with zero attached hydrogens (tertiary/aromatic N) is 1. The molecule has 1 aliphatic heterocycles. The molecule has 0 aromatic heterocycles. The van der Waals surface area contributed by atoms with Gasteiger partial charge in [0.2, 0.25) is 0 Å². The molecule has 4 heteroatoms. The first kappa shape index (κ1) is 14.2. The number of amides is 2. The van der Waals surface area contributed by atoms with Crippen LogP contribution < -0.4 is 10.6 Å². The summed E-state index contributed by atoms with van der Waals surface area (Å²) in [5, 5.41) is 6.90. The first-order chi connectivity index (χ1) is 9.81. The van der Waals surface area contributed by atoms with Gasteiger partial charge in [-0.05, 0) is 51.0 Å². The maximum atomic E-state index is 12.2. The molecule has 1 heterocycles. The Labute approximate surface area is 122 Å². The summed E-state index contributed by atoms with van der Waals surface area (Å²) in [6.45, 7) is 3.03. The highest BCUT2D eigenvalue weighted by atomic mass is 16.2. The zero-order chi connectivity index (χ0) is 13.8. The number of carbonyl (C=O) groups is 1. The van der Waals surface area contributed by atoms with E-state index in [0.717, 1.165) is 31.8 Å². The van der Waals surface area contributed by atoms with Crippen LogP contribution in [-0.2, 0) is 0 Å². The van der Waals surface area contributed by atoms with Crippen LogP contribution in [0.15, 0.2) is 0 Å². The predicted octanol–water partition coefficient (Wildman–Crippen LogP) is 2.49. The zero-order valence-corrected chi connectivity index (χ0v) is 12.6. The van der Waals surface area contributed by atoms with Gasteiger partial charge in [-0.15, -0.1) is 0 Å². The number of hydrogen-bond acceptors (Lipinski definition) is 2. The van der Waals surface area contributed by atoms with Gasteiger partial charge in [0, 0.05) is 25.2 Å². The molecule has 3 rings (SSSR count). The highest BCUT2D eigenvalue weighted by molar-refractivity contribution is 5.74. The molecule has 0 bridgehead atoms. The van der Waals surface area contributed by atoms with Crippen molar-refractivity contribution in [2.24, 2.45) is 5.92 Å². The van der Waals surface area contributed by atoms with Crippen molar-refractivity contribution in [3.8, 4) is 0 Å². The fourth-order valence-electron chi connectivity index (χ4n) is 3.45. The summed E-state index contributed by atoms with van der Waals surface area (Å²) in [4.78, 5) is 14.3. The Kier molecular flexibility index (Phi) is 4.81. The molecule has 2 amide bonds. The van der Waals surface area contributed by atoms with E-state index in [2.05, 4.69) is 10.6 Å². The molecular formula is C16H29N3O. The van der Waals surface area contributed by atoms with Gasteiger partial charge in [-0.2, -0.15) is 0 Å². The van der Waals surface area contributed by atoms with E-state index in [1.807, 2.05) is 4.90 Å². The van der Waals surface area contributed by atoms with Gasteiger partial charge in [0.25, 0.3) is 0 Å². The lowest BCUT2D eigenvalue weighted by Gasteiger charge is -2.34. The summed E-state index contributed by atoms with van der Waals surface area (Å²) in [6, 6.07) is 1.24. The molecule has 2 saturated carbocycles. The molecule has 0 radical (unpaired) electrons. The summed E-state index contributed by atoms with van der Waals surface area (Å²) >= 11 is 0. The van der Waals surface area contributed by atoms with E-state index in [1.165, 1.54) is 51.5 Å². The molecule has 114 valence electrons. The summed E-state index contributed by atoms with van der Waals surface area (Å²) in [5.74, 6) is 0.947. The van der Waals surface area contributed by atoms with Crippen molar-refractivity contribution >= 4 is 6.03 Å². The Morgan fingerprint density at radius 2 is 1.60 bits per heavy atom. The molecule has 0 aromatic carbocycles. The minimum Gasteiger partial charge on any atom is -0.335 e. The van der Waals surface area contributed by atoms with Crippen molar-refractivity contribution in [3.05, 3.63) is 0 Å². The summed E-state index contributed by atoms with van der Waals surface area (Å²) in [7, 11) is 0.